The fourth-order valence-electron chi connectivity index (χ4n) is 3.01. The number of rotatable bonds is 5. The number of carbonyl (C=O) groups excluding carboxylic acids is 2. The van der Waals surface area contributed by atoms with Crippen LogP contribution >= 0.6 is 11.3 Å². The molecule has 0 aliphatic carbocycles. The SMILES string of the molecule is CCOc1ccccc1C(=O)N1CCN(C(=O)Cc2csc(C)n2)CC1. The Morgan fingerprint density at radius 3 is 2.50 bits per heavy atom. The summed E-state index contributed by atoms with van der Waals surface area (Å²) in [6.07, 6.45) is 0.325. The third-order valence-corrected chi connectivity index (χ3v) is 5.16. The van der Waals surface area contributed by atoms with Gasteiger partial charge in [-0.1, -0.05) is 12.1 Å². The van der Waals surface area contributed by atoms with E-state index in [2.05, 4.69) is 4.98 Å². The monoisotopic (exact) mass is 373 g/mol. The highest BCUT2D eigenvalue weighted by Crippen LogP contribution is 2.21. The minimum atomic E-state index is -0.0451. The zero-order valence-electron chi connectivity index (χ0n) is 15.1. The van der Waals surface area contributed by atoms with Crippen LogP contribution in [-0.4, -0.2) is 59.4 Å². The predicted octanol–water partition coefficient (Wildman–Crippen LogP) is 2.38. The molecular weight excluding hydrogens is 350 g/mol. The number of para-hydroxylation sites is 1. The van der Waals surface area contributed by atoms with Crippen LogP contribution in [0.15, 0.2) is 29.6 Å². The van der Waals surface area contributed by atoms with Crippen LogP contribution in [-0.2, 0) is 11.2 Å². The summed E-state index contributed by atoms with van der Waals surface area (Å²) in [5.41, 5.74) is 1.40. The number of benzene rings is 1. The quantitative estimate of drug-likeness (QED) is 0.807. The van der Waals surface area contributed by atoms with Gasteiger partial charge in [0.15, 0.2) is 0 Å². The molecule has 6 nitrogen and oxygen atoms in total. The number of carbonyl (C=O) groups is 2. The minimum absolute atomic E-state index is 0.0451. The summed E-state index contributed by atoms with van der Waals surface area (Å²) >= 11 is 1.55. The first kappa shape index (κ1) is 18.4. The van der Waals surface area contributed by atoms with Crippen molar-refractivity contribution in [1.29, 1.82) is 0 Å². The normalized spacial score (nSPS) is 14.4. The van der Waals surface area contributed by atoms with Gasteiger partial charge in [-0.2, -0.15) is 0 Å². The fraction of sp³-hybridized carbons (Fsp3) is 0.421. The smallest absolute Gasteiger partial charge is 0.257 e. The zero-order chi connectivity index (χ0) is 18.5. The van der Waals surface area contributed by atoms with Gasteiger partial charge < -0.3 is 14.5 Å². The number of hydrogen-bond acceptors (Lipinski definition) is 5. The maximum Gasteiger partial charge on any atom is 0.257 e. The molecule has 138 valence electrons. The molecule has 26 heavy (non-hydrogen) atoms. The predicted molar refractivity (Wildman–Crippen MR) is 101 cm³/mol. The van der Waals surface area contributed by atoms with E-state index in [0.717, 1.165) is 10.7 Å². The molecule has 7 heteroatoms. The first-order chi connectivity index (χ1) is 12.6. The Hall–Kier alpha value is -2.41. The van der Waals surface area contributed by atoms with E-state index < -0.39 is 0 Å². The van der Waals surface area contributed by atoms with Crippen molar-refractivity contribution in [3.63, 3.8) is 0 Å². The van der Waals surface area contributed by atoms with Gasteiger partial charge in [0.05, 0.1) is 29.3 Å². The fourth-order valence-corrected chi connectivity index (χ4v) is 3.62. The van der Waals surface area contributed by atoms with Gasteiger partial charge >= 0.3 is 0 Å². The average Bonchev–Trinajstić information content (AvgIpc) is 3.07. The molecule has 1 aromatic heterocycles. The summed E-state index contributed by atoms with van der Waals surface area (Å²) in [5.74, 6) is 0.630. The standard InChI is InChI=1S/C19H23N3O3S/c1-3-25-17-7-5-4-6-16(17)19(24)22-10-8-21(9-11-22)18(23)12-15-13-26-14(2)20-15/h4-7,13H,3,8-12H2,1-2H3. The molecule has 2 aromatic rings. The lowest BCUT2D eigenvalue weighted by atomic mass is 10.1. The summed E-state index contributed by atoms with van der Waals surface area (Å²) in [7, 11) is 0. The van der Waals surface area contributed by atoms with Crippen molar-refractivity contribution in [3.8, 4) is 5.75 Å². The van der Waals surface area contributed by atoms with E-state index in [-0.39, 0.29) is 11.8 Å². The second-order valence-corrected chi connectivity index (χ2v) is 7.20. The Bertz CT molecular complexity index is 782. The van der Waals surface area contributed by atoms with Gasteiger partial charge in [0.1, 0.15) is 5.75 Å². The second-order valence-electron chi connectivity index (χ2n) is 6.14. The maximum absolute atomic E-state index is 12.8. The molecule has 0 atom stereocenters. The molecule has 0 spiro atoms. The second kappa shape index (κ2) is 8.31. The number of hydrogen-bond donors (Lipinski definition) is 0. The zero-order valence-corrected chi connectivity index (χ0v) is 15.9. The molecule has 1 saturated heterocycles. The summed E-state index contributed by atoms with van der Waals surface area (Å²) in [6, 6.07) is 7.30. The average molecular weight is 373 g/mol. The molecule has 1 aliphatic rings. The van der Waals surface area contributed by atoms with Gasteiger partial charge in [-0.05, 0) is 26.0 Å². The van der Waals surface area contributed by atoms with E-state index in [1.165, 1.54) is 0 Å². The lowest BCUT2D eigenvalue weighted by Gasteiger charge is -2.35. The van der Waals surface area contributed by atoms with E-state index in [1.54, 1.807) is 22.3 Å². The first-order valence-corrected chi connectivity index (χ1v) is 9.66. The van der Waals surface area contributed by atoms with Crippen molar-refractivity contribution in [2.75, 3.05) is 32.8 Å². The summed E-state index contributed by atoms with van der Waals surface area (Å²) < 4.78 is 5.56. The summed E-state index contributed by atoms with van der Waals surface area (Å²) in [4.78, 5) is 33.2. The van der Waals surface area contributed by atoms with E-state index in [0.29, 0.717) is 50.5 Å². The Morgan fingerprint density at radius 2 is 1.85 bits per heavy atom. The lowest BCUT2D eigenvalue weighted by Crippen LogP contribution is -2.51. The van der Waals surface area contributed by atoms with Gasteiger partial charge in [0.25, 0.3) is 5.91 Å². The molecule has 0 N–H and O–H groups in total. The van der Waals surface area contributed by atoms with Crippen LogP contribution in [0.25, 0.3) is 0 Å². The van der Waals surface area contributed by atoms with Crippen molar-refractivity contribution in [2.45, 2.75) is 20.3 Å². The number of aromatic nitrogens is 1. The number of nitrogens with zero attached hydrogens (tertiary/aromatic N) is 3. The molecule has 2 heterocycles. The molecule has 0 radical (unpaired) electrons. The number of piperazine rings is 1. The molecule has 1 aliphatic heterocycles. The molecular formula is C19H23N3O3S. The largest absolute Gasteiger partial charge is 0.493 e. The van der Waals surface area contributed by atoms with Crippen molar-refractivity contribution < 1.29 is 14.3 Å². The Labute approximate surface area is 157 Å². The van der Waals surface area contributed by atoms with Crippen LogP contribution in [0.3, 0.4) is 0 Å². The minimum Gasteiger partial charge on any atom is -0.493 e. The van der Waals surface area contributed by atoms with E-state index in [1.807, 2.05) is 42.3 Å². The van der Waals surface area contributed by atoms with Crippen LogP contribution in [0, 0.1) is 6.92 Å². The number of aryl methyl sites for hydroxylation is 1. The molecule has 0 unspecified atom stereocenters. The Balaban J connectivity index is 1.58. The highest BCUT2D eigenvalue weighted by Gasteiger charge is 2.26. The highest BCUT2D eigenvalue weighted by molar-refractivity contribution is 7.09. The first-order valence-electron chi connectivity index (χ1n) is 8.78. The van der Waals surface area contributed by atoms with Gasteiger partial charge in [0, 0.05) is 31.6 Å². The summed E-state index contributed by atoms with van der Waals surface area (Å²) in [6.45, 7) is 6.50. The van der Waals surface area contributed by atoms with Crippen LogP contribution in [0.5, 0.6) is 5.75 Å². The maximum atomic E-state index is 12.8. The van der Waals surface area contributed by atoms with Crippen LogP contribution in [0.2, 0.25) is 0 Å². The molecule has 1 fully saturated rings. The van der Waals surface area contributed by atoms with Crippen molar-refractivity contribution in [1.82, 2.24) is 14.8 Å². The highest BCUT2D eigenvalue weighted by atomic mass is 32.1. The Morgan fingerprint density at radius 1 is 1.15 bits per heavy atom. The topological polar surface area (TPSA) is 62.7 Å². The third kappa shape index (κ3) is 4.22. The van der Waals surface area contributed by atoms with Crippen LogP contribution < -0.4 is 4.74 Å². The van der Waals surface area contributed by atoms with Gasteiger partial charge in [0.2, 0.25) is 5.91 Å². The van der Waals surface area contributed by atoms with E-state index in [4.69, 9.17) is 4.74 Å². The Kier molecular flexibility index (Phi) is 5.88. The van der Waals surface area contributed by atoms with E-state index >= 15 is 0 Å². The lowest BCUT2D eigenvalue weighted by molar-refractivity contribution is -0.132. The van der Waals surface area contributed by atoms with Crippen molar-refractivity contribution in [3.05, 3.63) is 45.9 Å². The molecule has 3 rings (SSSR count). The van der Waals surface area contributed by atoms with Gasteiger partial charge in [-0.3, -0.25) is 9.59 Å². The van der Waals surface area contributed by atoms with E-state index in [9.17, 15) is 9.59 Å². The van der Waals surface area contributed by atoms with Gasteiger partial charge in [-0.25, -0.2) is 4.98 Å². The van der Waals surface area contributed by atoms with Crippen LogP contribution in [0.1, 0.15) is 28.0 Å². The molecule has 0 bridgehead atoms. The molecule has 0 saturated carbocycles. The van der Waals surface area contributed by atoms with Crippen molar-refractivity contribution >= 4 is 23.2 Å². The number of ether oxygens (including phenoxy) is 1. The van der Waals surface area contributed by atoms with Crippen LogP contribution in [0.4, 0.5) is 0 Å². The molecule has 2 amide bonds. The molecule has 1 aromatic carbocycles. The van der Waals surface area contributed by atoms with Crippen molar-refractivity contribution in [2.24, 2.45) is 0 Å². The van der Waals surface area contributed by atoms with Gasteiger partial charge in [-0.15, -0.1) is 11.3 Å². The summed E-state index contributed by atoms with van der Waals surface area (Å²) in [5, 5.41) is 2.90. The third-order valence-electron chi connectivity index (χ3n) is 4.34. The number of amides is 2. The number of thiazole rings is 1.